The van der Waals surface area contributed by atoms with Crippen molar-refractivity contribution >= 4 is 0 Å². The van der Waals surface area contributed by atoms with Gasteiger partial charge in [0.15, 0.2) is 11.6 Å². The van der Waals surface area contributed by atoms with E-state index >= 15 is 0 Å². The van der Waals surface area contributed by atoms with Crippen LogP contribution in [0.3, 0.4) is 0 Å². The second-order valence-corrected chi connectivity index (χ2v) is 6.25. The average Bonchev–Trinajstić information content (AvgIpc) is 2.56. The summed E-state index contributed by atoms with van der Waals surface area (Å²) in [5.41, 5.74) is 0.465. The fourth-order valence-electron chi connectivity index (χ4n) is 3.16. The molecular weight excluding hydrogens is 282 g/mol. The van der Waals surface area contributed by atoms with Crippen LogP contribution in [0.25, 0.3) is 0 Å². The van der Waals surface area contributed by atoms with E-state index in [2.05, 4.69) is 6.58 Å². The molecule has 1 aromatic rings. The fourth-order valence-corrected chi connectivity index (χ4v) is 3.16. The van der Waals surface area contributed by atoms with E-state index in [0.717, 1.165) is 12.8 Å². The van der Waals surface area contributed by atoms with E-state index in [1.54, 1.807) is 12.1 Å². The zero-order valence-corrected chi connectivity index (χ0v) is 13.4. The van der Waals surface area contributed by atoms with E-state index in [9.17, 15) is 8.78 Å². The molecule has 2 rings (SSSR count). The zero-order valence-electron chi connectivity index (χ0n) is 13.4. The summed E-state index contributed by atoms with van der Waals surface area (Å²) in [5, 5.41) is 0. The molecule has 1 aromatic carbocycles. The molecule has 0 saturated heterocycles. The zero-order chi connectivity index (χ0) is 15.9. The number of aryl methyl sites for hydroxylation is 1. The van der Waals surface area contributed by atoms with Crippen LogP contribution in [0.1, 0.15) is 51.0 Å². The highest BCUT2D eigenvalue weighted by atomic mass is 19.2. The molecule has 0 heterocycles. The average molecular weight is 308 g/mol. The minimum Gasteiger partial charge on any atom is -0.490 e. The fraction of sp³-hybridized carbons (Fsp3) is 0.579. The maximum Gasteiger partial charge on any atom is 0.200 e. The minimum absolute atomic E-state index is 0.0228. The molecule has 1 aliphatic carbocycles. The van der Waals surface area contributed by atoms with E-state index < -0.39 is 11.6 Å². The van der Waals surface area contributed by atoms with Crippen LogP contribution in [0.4, 0.5) is 8.78 Å². The number of hydrogen-bond acceptors (Lipinski definition) is 1. The Labute approximate surface area is 132 Å². The predicted molar refractivity (Wildman–Crippen MR) is 86.1 cm³/mol. The third kappa shape index (κ3) is 4.31. The van der Waals surface area contributed by atoms with Crippen LogP contribution in [-0.2, 0) is 6.42 Å². The lowest BCUT2D eigenvalue weighted by atomic mass is 9.79. The van der Waals surface area contributed by atoms with E-state index in [1.807, 2.05) is 13.0 Å². The maximum absolute atomic E-state index is 14.1. The summed E-state index contributed by atoms with van der Waals surface area (Å²) < 4.78 is 33.2. The molecule has 0 aliphatic heterocycles. The SMILES string of the molecule is C=CC1CCC(CCc2ccc(OCCC)c(F)c2F)CC1. The largest absolute Gasteiger partial charge is 0.490 e. The van der Waals surface area contributed by atoms with Gasteiger partial charge in [0, 0.05) is 0 Å². The van der Waals surface area contributed by atoms with Crippen molar-refractivity contribution < 1.29 is 13.5 Å². The van der Waals surface area contributed by atoms with Gasteiger partial charge in [-0.05, 0) is 68.4 Å². The molecule has 1 saturated carbocycles. The van der Waals surface area contributed by atoms with Crippen LogP contribution in [0, 0.1) is 23.5 Å². The molecule has 0 atom stereocenters. The lowest BCUT2D eigenvalue weighted by Gasteiger charge is -2.26. The number of rotatable bonds is 7. The Hall–Kier alpha value is -1.38. The van der Waals surface area contributed by atoms with Gasteiger partial charge in [0.1, 0.15) is 0 Å². The molecule has 1 nitrogen and oxygen atoms in total. The molecule has 0 amide bonds. The highest BCUT2D eigenvalue weighted by molar-refractivity contribution is 5.31. The number of halogens is 2. The lowest BCUT2D eigenvalue weighted by molar-refractivity contribution is 0.290. The van der Waals surface area contributed by atoms with E-state index in [-0.39, 0.29) is 5.75 Å². The second-order valence-electron chi connectivity index (χ2n) is 6.25. The van der Waals surface area contributed by atoms with Gasteiger partial charge < -0.3 is 4.74 Å². The summed E-state index contributed by atoms with van der Waals surface area (Å²) in [6.45, 7) is 6.19. The molecular formula is C19H26F2O. The summed E-state index contributed by atoms with van der Waals surface area (Å²) in [4.78, 5) is 0. The smallest absolute Gasteiger partial charge is 0.200 e. The molecule has 22 heavy (non-hydrogen) atoms. The van der Waals surface area contributed by atoms with Crippen LogP contribution < -0.4 is 4.74 Å². The Morgan fingerprint density at radius 1 is 1.18 bits per heavy atom. The monoisotopic (exact) mass is 308 g/mol. The van der Waals surface area contributed by atoms with Crippen molar-refractivity contribution in [3.05, 3.63) is 42.0 Å². The molecule has 0 radical (unpaired) electrons. The van der Waals surface area contributed by atoms with Crippen LogP contribution in [0.15, 0.2) is 24.8 Å². The number of allylic oxidation sites excluding steroid dienone is 1. The number of hydrogen-bond donors (Lipinski definition) is 0. The topological polar surface area (TPSA) is 9.23 Å². The highest BCUT2D eigenvalue weighted by Gasteiger charge is 2.20. The quantitative estimate of drug-likeness (QED) is 0.589. The summed E-state index contributed by atoms with van der Waals surface area (Å²) in [6, 6.07) is 3.22. The molecule has 0 spiro atoms. The van der Waals surface area contributed by atoms with Gasteiger partial charge >= 0.3 is 0 Å². The first-order valence-electron chi connectivity index (χ1n) is 8.37. The van der Waals surface area contributed by atoms with Crippen molar-refractivity contribution in [2.45, 2.75) is 51.9 Å². The first kappa shape index (κ1) is 17.0. The normalized spacial score (nSPS) is 21.6. The van der Waals surface area contributed by atoms with Gasteiger partial charge in [-0.25, -0.2) is 4.39 Å². The van der Waals surface area contributed by atoms with Crippen molar-refractivity contribution in [1.29, 1.82) is 0 Å². The molecule has 3 heteroatoms. The van der Waals surface area contributed by atoms with E-state index in [1.165, 1.54) is 25.7 Å². The molecule has 0 aromatic heterocycles. The number of benzene rings is 1. The van der Waals surface area contributed by atoms with E-state index in [4.69, 9.17) is 4.74 Å². The Bertz CT molecular complexity index is 490. The molecule has 0 unspecified atom stereocenters. The third-order valence-electron chi connectivity index (χ3n) is 4.64. The van der Waals surface area contributed by atoms with Crippen molar-refractivity contribution in [3.63, 3.8) is 0 Å². The molecule has 0 bridgehead atoms. The molecule has 0 N–H and O–H groups in total. The standard InChI is InChI=1S/C19H26F2O/c1-3-13-22-17-12-11-16(18(20)19(17)21)10-9-15-7-5-14(4-2)6-8-15/h4,11-12,14-15H,2-3,5-10,13H2,1H3. The van der Waals surface area contributed by atoms with Crippen molar-refractivity contribution in [3.8, 4) is 5.75 Å². The van der Waals surface area contributed by atoms with Gasteiger partial charge in [-0.1, -0.05) is 19.1 Å². The van der Waals surface area contributed by atoms with Crippen LogP contribution in [0.2, 0.25) is 0 Å². The van der Waals surface area contributed by atoms with E-state index in [0.29, 0.717) is 30.4 Å². The molecule has 1 fully saturated rings. The summed E-state index contributed by atoms with van der Waals surface area (Å²) in [6.07, 6.45) is 9.02. The lowest BCUT2D eigenvalue weighted by Crippen LogP contribution is -2.14. The maximum atomic E-state index is 14.1. The minimum atomic E-state index is -0.846. The predicted octanol–water partition coefficient (Wildman–Crippen LogP) is 5.68. The van der Waals surface area contributed by atoms with Gasteiger partial charge in [-0.2, -0.15) is 4.39 Å². The summed E-state index contributed by atoms with van der Waals surface area (Å²) >= 11 is 0. The summed E-state index contributed by atoms with van der Waals surface area (Å²) in [5.74, 6) is -0.306. The number of ether oxygens (including phenoxy) is 1. The highest BCUT2D eigenvalue weighted by Crippen LogP contribution is 2.33. The van der Waals surface area contributed by atoms with Gasteiger partial charge in [0.2, 0.25) is 5.82 Å². The van der Waals surface area contributed by atoms with Gasteiger partial charge in [-0.3, -0.25) is 0 Å². The Kier molecular flexibility index (Phi) is 6.41. The second kappa shape index (κ2) is 8.30. The first-order chi connectivity index (χ1) is 10.7. The molecule has 122 valence electrons. The van der Waals surface area contributed by atoms with Crippen molar-refractivity contribution in [2.75, 3.05) is 6.61 Å². The van der Waals surface area contributed by atoms with Crippen LogP contribution in [-0.4, -0.2) is 6.61 Å². The Balaban J connectivity index is 1.90. The van der Waals surface area contributed by atoms with Crippen molar-refractivity contribution in [1.82, 2.24) is 0 Å². The van der Waals surface area contributed by atoms with Gasteiger partial charge in [-0.15, -0.1) is 6.58 Å². The van der Waals surface area contributed by atoms with Crippen LogP contribution in [0.5, 0.6) is 5.75 Å². The third-order valence-corrected chi connectivity index (χ3v) is 4.64. The molecule has 1 aliphatic rings. The van der Waals surface area contributed by atoms with Gasteiger partial charge in [0.25, 0.3) is 0 Å². The van der Waals surface area contributed by atoms with Crippen LogP contribution >= 0.6 is 0 Å². The Morgan fingerprint density at radius 3 is 2.55 bits per heavy atom. The first-order valence-corrected chi connectivity index (χ1v) is 8.37. The Morgan fingerprint density at radius 2 is 1.91 bits per heavy atom. The summed E-state index contributed by atoms with van der Waals surface area (Å²) in [7, 11) is 0. The van der Waals surface area contributed by atoms with Crippen molar-refractivity contribution in [2.24, 2.45) is 11.8 Å². The van der Waals surface area contributed by atoms with Gasteiger partial charge in [0.05, 0.1) is 6.61 Å².